The van der Waals surface area contributed by atoms with Crippen LogP contribution in [0.3, 0.4) is 0 Å². The van der Waals surface area contributed by atoms with E-state index in [1.54, 1.807) is 13.0 Å². The molecule has 0 aliphatic carbocycles. The summed E-state index contributed by atoms with van der Waals surface area (Å²) in [6.45, 7) is 1.56. The number of nitrogens with one attached hydrogen (secondary N) is 1. The third-order valence-corrected chi connectivity index (χ3v) is 4.05. The molecule has 0 saturated heterocycles. The number of hydrogen-bond donors (Lipinski definition) is 1. The van der Waals surface area contributed by atoms with Crippen molar-refractivity contribution < 1.29 is 19.2 Å². The monoisotopic (exact) mass is 366 g/mol. The van der Waals surface area contributed by atoms with Crippen molar-refractivity contribution in [3.63, 3.8) is 0 Å². The molecule has 3 rings (SSSR count). The summed E-state index contributed by atoms with van der Waals surface area (Å²) >= 11 is 0. The standard InChI is InChI=1S/C20H18N2O5/c1-13(27-19-12-17(22(24)25)9-10-18(19)26-2)20(23)21-16-8-7-14-5-3-4-6-15(14)11-16/h3-13H,1-2H3,(H,21,23). The van der Waals surface area contributed by atoms with E-state index in [-0.39, 0.29) is 17.3 Å². The molecule has 0 aliphatic rings. The van der Waals surface area contributed by atoms with Gasteiger partial charge in [-0.3, -0.25) is 14.9 Å². The molecule has 0 spiro atoms. The first-order valence-corrected chi connectivity index (χ1v) is 8.26. The highest BCUT2D eigenvalue weighted by Gasteiger charge is 2.19. The number of rotatable bonds is 6. The second kappa shape index (κ2) is 7.74. The molecular weight excluding hydrogens is 348 g/mol. The van der Waals surface area contributed by atoms with E-state index in [0.717, 1.165) is 10.8 Å². The van der Waals surface area contributed by atoms with Crippen LogP contribution in [0.1, 0.15) is 6.92 Å². The molecule has 138 valence electrons. The molecule has 0 bridgehead atoms. The zero-order valence-electron chi connectivity index (χ0n) is 14.8. The first kappa shape index (κ1) is 18.2. The number of carbonyl (C=O) groups is 1. The van der Waals surface area contributed by atoms with Gasteiger partial charge in [-0.15, -0.1) is 0 Å². The van der Waals surface area contributed by atoms with Gasteiger partial charge >= 0.3 is 0 Å². The Kier molecular flexibility index (Phi) is 5.21. The summed E-state index contributed by atoms with van der Waals surface area (Å²) in [6, 6.07) is 17.4. The van der Waals surface area contributed by atoms with Crippen LogP contribution in [0.25, 0.3) is 10.8 Å². The number of benzene rings is 3. The second-order valence-corrected chi connectivity index (χ2v) is 5.90. The smallest absolute Gasteiger partial charge is 0.273 e. The molecule has 3 aromatic rings. The van der Waals surface area contributed by atoms with E-state index in [0.29, 0.717) is 11.4 Å². The number of nitro groups is 1. The summed E-state index contributed by atoms with van der Waals surface area (Å²) in [5.74, 6) is 0.0673. The first-order valence-electron chi connectivity index (χ1n) is 8.26. The lowest BCUT2D eigenvalue weighted by atomic mass is 10.1. The Bertz CT molecular complexity index is 1000. The van der Waals surface area contributed by atoms with Crippen molar-refractivity contribution in [3.8, 4) is 11.5 Å². The SMILES string of the molecule is COc1ccc([N+](=O)[O-])cc1OC(C)C(=O)Nc1ccc2ccccc2c1. The highest BCUT2D eigenvalue weighted by Crippen LogP contribution is 2.32. The summed E-state index contributed by atoms with van der Waals surface area (Å²) in [6.07, 6.45) is -0.882. The number of carbonyl (C=O) groups excluding carboxylic acids is 1. The predicted molar refractivity (Wildman–Crippen MR) is 102 cm³/mol. The van der Waals surface area contributed by atoms with Crippen molar-refractivity contribution in [3.05, 3.63) is 70.8 Å². The number of nitrogens with zero attached hydrogens (tertiary/aromatic N) is 1. The van der Waals surface area contributed by atoms with Gasteiger partial charge in [-0.05, 0) is 35.9 Å². The van der Waals surface area contributed by atoms with E-state index >= 15 is 0 Å². The predicted octanol–water partition coefficient (Wildman–Crippen LogP) is 4.16. The van der Waals surface area contributed by atoms with Gasteiger partial charge in [0.2, 0.25) is 0 Å². The van der Waals surface area contributed by atoms with Gasteiger partial charge in [0.25, 0.3) is 11.6 Å². The lowest BCUT2D eigenvalue weighted by Crippen LogP contribution is -2.30. The summed E-state index contributed by atoms with van der Waals surface area (Å²) in [5.41, 5.74) is 0.494. The second-order valence-electron chi connectivity index (χ2n) is 5.90. The van der Waals surface area contributed by atoms with E-state index in [4.69, 9.17) is 9.47 Å². The fourth-order valence-corrected chi connectivity index (χ4v) is 2.63. The van der Waals surface area contributed by atoms with Crippen molar-refractivity contribution in [2.75, 3.05) is 12.4 Å². The summed E-state index contributed by atoms with van der Waals surface area (Å²) in [4.78, 5) is 22.9. The van der Waals surface area contributed by atoms with Crippen LogP contribution in [0.4, 0.5) is 11.4 Å². The molecule has 1 amide bonds. The van der Waals surface area contributed by atoms with Gasteiger partial charge in [-0.1, -0.05) is 30.3 Å². The third kappa shape index (κ3) is 4.14. The zero-order valence-corrected chi connectivity index (χ0v) is 14.8. The Morgan fingerprint density at radius 3 is 2.48 bits per heavy atom. The third-order valence-electron chi connectivity index (χ3n) is 4.05. The van der Waals surface area contributed by atoms with Gasteiger partial charge in [-0.25, -0.2) is 0 Å². The maximum Gasteiger partial charge on any atom is 0.273 e. The minimum Gasteiger partial charge on any atom is -0.493 e. The molecule has 7 nitrogen and oxygen atoms in total. The quantitative estimate of drug-likeness (QED) is 0.522. The summed E-state index contributed by atoms with van der Waals surface area (Å²) < 4.78 is 10.8. The van der Waals surface area contributed by atoms with E-state index in [1.165, 1.54) is 25.3 Å². The Balaban J connectivity index is 1.75. The molecule has 0 saturated carbocycles. The molecule has 0 radical (unpaired) electrons. The van der Waals surface area contributed by atoms with Crippen LogP contribution in [0, 0.1) is 10.1 Å². The molecule has 0 aliphatic heterocycles. The normalized spacial score (nSPS) is 11.6. The largest absolute Gasteiger partial charge is 0.493 e. The number of amides is 1. The Hall–Kier alpha value is -3.61. The van der Waals surface area contributed by atoms with Crippen LogP contribution in [-0.4, -0.2) is 24.0 Å². The molecule has 7 heteroatoms. The fraction of sp³-hybridized carbons (Fsp3) is 0.150. The Labute approximate surface area is 155 Å². The van der Waals surface area contributed by atoms with E-state index < -0.39 is 11.0 Å². The first-order chi connectivity index (χ1) is 13.0. The average Bonchev–Trinajstić information content (AvgIpc) is 2.67. The van der Waals surface area contributed by atoms with E-state index in [1.807, 2.05) is 36.4 Å². The van der Waals surface area contributed by atoms with Crippen LogP contribution in [0.15, 0.2) is 60.7 Å². The number of ether oxygens (including phenoxy) is 2. The highest BCUT2D eigenvalue weighted by atomic mass is 16.6. The highest BCUT2D eigenvalue weighted by molar-refractivity contribution is 5.96. The number of non-ortho nitro benzene ring substituents is 1. The lowest BCUT2D eigenvalue weighted by molar-refractivity contribution is -0.385. The van der Waals surface area contributed by atoms with Gasteiger partial charge < -0.3 is 14.8 Å². The van der Waals surface area contributed by atoms with E-state index in [2.05, 4.69) is 5.32 Å². The zero-order chi connectivity index (χ0) is 19.4. The van der Waals surface area contributed by atoms with Gasteiger partial charge in [0.05, 0.1) is 18.1 Å². The number of anilines is 1. The Morgan fingerprint density at radius 1 is 1.04 bits per heavy atom. The van der Waals surface area contributed by atoms with E-state index in [9.17, 15) is 14.9 Å². The van der Waals surface area contributed by atoms with Gasteiger partial charge in [0.15, 0.2) is 17.6 Å². The van der Waals surface area contributed by atoms with Crippen LogP contribution in [0.5, 0.6) is 11.5 Å². The van der Waals surface area contributed by atoms with Crippen molar-refractivity contribution in [1.29, 1.82) is 0 Å². The summed E-state index contributed by atoms with van der Waals surface area (Å²) in [5, 5.41) is 15.8. The molecule has 1 N–H and O–H groups in total. The van der Waals surface area contributed by atoms with Crippen molar-refractivity contribution >= 4 is 28.1 Å². The maximum atomic E-state index is 12.5. The molecule has 3 aromatic carbocycles. The van der Waals surface area contributed by atoms with Crippen LogP contribution < -0.4 is 14.8 Å². The Morgan fingerprint density at radius 2 is 1.78 bits per heavy atom. The number of nitro benzene ring substituents is 1. The van der Waals surface area contributed by atoms with Crippen molar-refractivity contribution in [1.82, 2.24) is 0 Å². The van der Waals surface area contributed by atoms with Crippen LogP contribution >= 0.6 is 0 Å². The van der Waals surface area contributed by atoms with Crippen molar-refractivity contribution in [2.45, 2.75) is 13.0 Å². The molecule has 0 aromatic heterocycles. The minimum atomic E-state index is -0.882. The number of fused-ring (bicyclic) bond motifs is 1. The molecule has 0 fully saturated rings. The molecule has 0 heterocycles. The number of hydrogen-bond acceptors (Lipinski definition) is 5. The maximum absolute atomic E-state index is 12.5. The molecular formula is C20H18N2O5. The molecule has 1 atom stereocenters. The van der Waals surface area contributed by atoms with Gasteiger partial charge in [0.1, 0.15) is 0 Å². The fourth-order valence-electron chi connectivity index (χ4n) is 2.63. The number of methoxy groups -OCH3 is 1. The van der Waals surface area contributed by atoms with Crippen molar-refractivity contribution in [2.24, 2.45) is 0 Å². The summed E-state index contributed by atoms with van der Waals surface area (Å²) in [7, 11) is 1.42. The molecule has 27 heavy (non-hydrogen) atoms. The van der Waals surface area contributed by atoms with Crippen LogP contribution in [-0.2, 0) is 4.79 Å². The topological polar surface area (TPSA) is 90.7 Å². The average molecular weight is 366 g/mol. The van der Waals surface area contributed by atoms with Gasteiger partial charge in [-0.2, -0.15) is 0 Å². The lowest BCUT2D eigenvalue weighted by Gasteiger charge is -2.16. The van der Waals surface area contributed by atoms with Crippen LogP contribution in [0.2, 0.25) is 0 Å². The molecule has 1 unspecified atom stereocenters. The minimum absolute atomic E-state index is 0.132. The van der Waals surface area contributed by atoms with Gasteiger partial charge in [0, 0.05) is 11.8 Å².